The van der Waals surface area contributed by atoms with Gasteiger partial charge in [-0.15, -0.1) is 0 Å². The first-order chi connectivity index (χ1) is 6.74. The van der Waals surface area contributed by atoms with E-state index in [1.165, 1.54) is 6.07 Å². The van der Waals surface area contributed by atoms with Crippen LogP contribution in [0.1, 0.15) is 34.3 Å². The van der Waals surface area contributed by atoms with Gasteiger partial charge in [-0.05, 0) is 30.5 Å². The molecular weight excluding hydrogens is 180 g/mol. The molecule has 3 heteroatoms. The van der Waals surface area contributed by atoms with Crippen molar-refractivity contribution < 1.29 is 15.0 Å². The molecule has 0 radical (unpaired) electrons. The topological polar surface area (TPSA) is 57.5 Å². The molecule has 1 aromatic carbocycles. The van der Waals surface area contributed by atoms with Crippen molar-refractivity contribution in [3.8, 4) is 5.75 Å². The zero-order chi connectivity index (χ0) is 10.1. The maximum absolute atomic E-state index is 11.5. The molecule has 74 valence electrons. The number of phenols is 1. The predicted molar refractivity (Wildman–Crippen MR) is 51.3 cm³/mol. The molecule has 0 saturated carbocycles. The van der Waals surface area contributed by atoms with E-state index in [1.807, 2.05) is 0 Å². The fraction of sp³-hybridized carbons (Fsp3) is 0.364. The molecule has 0 heterocycles. The van der Waals surface area contributed by atoms with Crippen LogP contribution in [0, 0.1) is 0 Å². The Labute approximate surface area is 82.0 Å². The Kier molecular flexibility index (Phi) is 2.25. The van der Waals surface area contributed by atoms with Crippen molar-refractivity contribution in [2.45, 2.75) is 25.9 Å². The van der Waals surface area contributed by atoms with Gasteiger partial charge in [-0.3, -0.25) is 4.79 Å². The van der Waals surface area contributed by atoms with Crippen molar-refractivity contribution >= 4 is 5.78 Å². The van der Waals surface area contributed by atoms with Gasteiger partial charge < -0.3 is 10.2 Å². The van der Waals surface area contributed by atoms with Gasteiger partial charge >= 0.3 is 0 Å². The van der Waals surface area contributed by atoms with E-state index in [9.17, 15) is 9.90 Å². The maximum Gasteiger partial charge on any atom is 0.163 e. The lowest BCUT2D eigenvalue weighted by molar-refractivity contribution is 0.0972. The van der Waals surface area contributed by atoms with E-state index >= 15 is 0 Å². The Morgan fingerprint density at radius 1 is 1.29 bits per heavy atom. The third-order valence-corrected chi connectivity index (χ3v) is 2.70. The smallest absolute Gasteiger partial charge is 0.163 e. The van der Waals surface area contributed by atoms with Crippen LogP contribution in [-0.2, 0) is 13.0 Å². The molecular formula is C11H12O3. The molecule has 0 aliphatic heterocycles. The van der Waals surface area contributed by atoms with E-state index in [4.69, 9.17) is 5.11 Å². The van der Waals surface area contributed by atoms with Gasteiger partial charge in [0.25, 0.3) is 0 Å². The number of rotatable bonds is 1. The molecule has 3 nitrogen and oxygen atoms in total. The minimum Gasteiger partial charge on any atom is -0.508 e. The van der Waals surface area contributed by atoms with E-state index in [0.717, 1.165) is 18.4 Å². The lowest BCUT2D eigenvalue weighted by Crippen LogP contribution is -2.13. The number of carbonyl (C=O) groups excluding carboxylic acids is 1. The number of ketones is 1. The van der Waals surface area contributed by atoms with Crippen LogP contribution in [0.3, 0.4) is 0 Å². The molecule has 14 heavy (non-hydrogen) atoms. The fourth-order valence-corrected chi connectivity index (χ4v) is 1.96. The Morgan fingerprint density at radius 2 is 2.07 bits per heavy atom. The van der Waals surface area contributed by atoms with Gasteiger partial charge in [0.1, 0.15) is 5.75 Å². The van der Waals surface area contributed by atoms with Crippen molar-refractivity contribution in [3.63, 3.8) is 0 Å². The van der Waals surface area contributed by atoms with Crippen LogP contribution in [-0.4, -0.2) is 16.0 Å². The summed E-state index contributed by atoms with van der Waals surface area (Å²) in [6.45, 7) is -0.206. The number of carbonyl (C=O) groups is 1. The minimum atomic E-state index is -0.206. The Morgan fingerprint density at radius 3 is 2.79 bits per heavy atom. The third-order valence-electron chi connectivity index (χ3n) is 2.70. The van der Waals surface area contributed by atoms with Crippen LogP contribution in [0.25, 0.3) is 0 Å². The SMILES string of the molecule is O=C1CCCc2c1ccc(O)c2CO. The summed E-state index contributed by atoms with van der Waals surface area (Å²) in [4.78, 5) is 11.5. The summed E-state index contributed by atoms with van der Waals surface area (Å²) in [5, 5.41) is 18.6. The first-order valence-corrected chi connectivity index (χ1v) is 4.72. The molecule has 2 N–H and O–H groups in total. The number of aliphatic hydroxyl groups is 1. The van der Waals surface area contributed by atoms with Crippen LogP contribution in [0.15, 0.2) is 12.1 Å². The van der Waals surface area contributed by atoms with Crippen molar-refractivity contribution in [2.75, 3.05) is 0 Å². The quantitative estimate of drug-likeness (QED) is 0.707. The number of fused-ring (bicyclic) bond motifs is 1. The molecule has 1 aliphatic rings. The summed E-state index contributed by atoms with van der Waals surface area (Å²) in [7, 11) is 0. The fourth-order valence-electron chi connectivity index (χ4n) is 1.96. The largest absolute Gasteiger partial charge is 0.508 e. The highest BCUT2D eigenvalue weighted by molar-refractivity contribution is 5.99. The summed E-state index contributed by atoms with van der Waals surface area (Å²) in [6, 6.07) is 3.12. The van der Waals surface area contributed by atoms with Gasteiger partial charge in [-0.1, -0.05) is 0 Å². The van der Waals surface area contributed by atoms with Crippen LogP contribution in [0.5, 0.6) is 5.75 Å². The van der Waals surface area contributed by atoms with Crippen molar-refractivity contribution in [1.29, 1.82) is 0 Å². The van der Waals surface area contributed by atoms with Gasteiger partial charge in [0.15, 0.2) is 5.78 Å². The number of Topliss-reactive ketones (excluding diaryl/α,β-unsaturated/α-hetero) is 1. The van der Waals surface area contributed by atoms with E-state index in [2.05, 4.69) is 0 Å². The third kappa shape index (κ3) is 1.30. The van der Waals surface area contributed by atoms with Crippen LogP contribution >= 0.6 is 0 Å². The van der Waals surface area contributed by atoms with E-state index in [-0.39, 0.29) is 18.1 Å². The average Bonchev–Trinajstić information content (AvgIpc) is 2.18. The van der Waals surface area contributed by atoms with Gasteiger partial charge in [0.2, 0.25) is 0 Å². The van der Waals surface area contributed by atoms with Gasteiger partial charge in [-0.25, -0.2) is 0 Å². The zero-order valence-corrected chi connectivity index (χ0v) is 7.79. The molecule has 0 unspecified atom stereocenters. The van der Waals surface area contributed by atoms with Gasteiger partial charge in [0, 0.05) is 17.5 Å². The standard InChI is InChI=1S/C11H12O3/c12-6-9-7-2-1-3-10(13)8(7)4-5-11(9)14/h4-5,12,14H,1-3,6H2. The number of aliphatic hydroxyl groups excluding tert-OH is 1. The molecule has 0 saturated heterocycles. The molecule has 0 aromatic heterocycles. The number of aromatic hydroxyl groups is 1. The van der Waals surface area contributed by atoms with Crippen molar-refractivity contribution in [2.24, 2.45) is 0 Å². The minimum absolute atomic E-state index is 0.0842. The summed E-state index contributed by atoms with van der Waals surface area (Å²) < 4.78 is 0. The predicted octanol–water partition coefficient (Wildman–Crippen LogP) is 1.40. The van der Waals surface area contributed by atoms with Gasteiger partial charge in [-0.2, -0.15) is 0 Å². The molecule has 1 aromatic rings. The Hall–Kier alpha value is -1.35. The molecule has 0 atom stereocenters. The molecule has 2 rings (SSSR count). The van der Waals surface area contributed by atoms with Crippen LogP contribution < -0.4 is 0 Å². The number of hydrogen-bond donors (Lipinski definition) is 2. The average molecular weight is 192 g/mol. The maximum atomic E-state index is 11.5. The molecule has 0 spiro atoms. The van der Waals surface area contributed by atoms with Gasteiger partial charge in [0.05, 0.1) is 6.61 Å². The molecule has 0 bridgehead atoms. The van der Waals surface area contributed by atoms with E-state index in [1.54, 1.807) is 6.07 Å². The summed E-state index contributed by atoms with van der Waals surface area (Å²) in [5.74, 6) is 0.196. The van der Waals surface area contributed by atoms with Crippen molar-refractivity contribution in [1.82, 2.24) is 0 Å². The molecule has 0 amide bonds. The summed E-state index contributed by atoms with van der Waals surface area (Å²) >= 11 is 0. The lowest BCUT2D eigenvalue weighted by atomic mass is 9.87. The highest BCUT2D eigenvalue weighted by atomic mass is 16.3. The highest BCUT2D eigenvalue weighted by Gasteiger charge is 2.21. The highest BCUT2D eigenvalue weighted by Crippen LogP contribution is 2.30. The normalized spacial score (nSPS) is 15.4. The van der Waals surface area contributed by atoms with E-state index in [0.29, 0.717) is 17.5 Å². The van der Waals surface area contributed by atoms with Crippen LogP contribution in [0.4, 0.5) is 0 Å². The second kappa shape index (κ2) is 3.42. The van der Waals surface area contributed by atoms with Crippen molar-refractivity contribution in [3.05, 3.63) is 28.8 Å². The second-order valence-corrected chi connectivity index (χ2v) is 3.52. The Bertz CT molecular complexity index is 382. The monoisotopic (exact) mass is 192 g/mol. The lowest BCUT2D eigenvalue weighted by Gasteiger charge is -2.18. The van der Waals surface area contributed by atoms with E-state index < -0.39 is 0 Å². The molecule has 0 fully saturated rings. The summed E-state index contributed by atoms with van der Waals surface area (Å²) in [5.41, 5.74) is 2.00. The zero-order valence-electron chi connectivity index (χ0n) is 7.79. The first-order valence-electron chi connectivity index (χ1n) is 4.72. The number of benzene rings is 1. The Balaban J connectivity index is 2.61. The van der Waals surface area contributed by atoms with Crippen LogP contribution in [0.2, 0.25) is 0 Å². The number of hydrogen-bond acceptors (Lipinski definition) is 3. The molecule has 1 aliphatic carbocycles. The second-order valence-electron chi connectivity index (χ2n) is 3.52. The summed E-state index contributed by atoms with van der Waals surface area (Å²) in [6.07, 6.45) is 2.15. The first kappa shape index (κ1) is 9.21.